The normalized spacial score (nSPS) is 11.9. The Balaban J connectivity index is 1.25. The van der Waals surface area contributed by atoms with Crippen LogP contribution in [0.4, 0.5) is 0 Å². The van der Waals surface area contributed by atoms with Gasteiger partial charge in [0.15, 0.2) is 17.5 Å². The first-order chi connectivity index (χ1) is 25.3. The summed E-state index contributed by atoms with van der Waals surface area (Å²) in [5, 5.41) is 6.84. The molecule has 51 heavy (non-hydrogen) atoms. The molecule has 0 bridgehead atoms. The lowest BCUT2D eigenvalue weighted by Gasteiger charge is -2.13. The third-order valence-corrected chi connectivity index (χ3v) is 11.1. The van der Waals surface area contributed by atoms with Crippen LogP contribution in [0, 0.1) is 0 Å². The van der Waals surface area contributed by atoms with Crippen LogP contribution in [0.15, 0.2) is 162 Å². The molecule has 7 aromatic carbocycles. The summed E-state index contributed by atoms with van der Waals surface area (Å²) in [7, 11) is 0. The van der Waals surface area contributed by atoms with Gasteiger partial charge < -0.3 is 8.98 Å². The number of para-hydroxylation sites is 3. The van der Waals surface area contributed by atoms with Crippen molar-refractivity contribution in [3.05, 3.63) is 158 Å². The van der Waals surface area contributed by atoms with Gasteiger partial charge in [0.2, 0.25) is 0 Å². The van der Waals surface area contributed by atoms with E-state index in [0.717, 1.165) is 60.0 Å². The highest BCUT2D eigenvalue weighted by Crippen LogP contribution is 2.42. The molecule has 0 saturated carbocycles. The molecule has 4 aromatic heterocycles. The highest BCUT2D eigenvalue weighted by atomic mass is 32.1. The van der Waals surface area contributed by atoms with Gasteiger partial charge in [0.25, 0.3) is 0 Å². The number of hydrogen-bond acceptors (Lipinski definition) is 5. The lowest BCUT2D eigenvalue weighted by Crippen LogP contribution is -2.01. The minimum Gasteiger partial charge on any atom is -0.456 e. The fourth-order valence-electron chi connectivity index (χ4n) is 7.60. The van der Waals surface area contributed by atoms with E-state index in [-0.39, 0.29) is 0 Å². The number of fused-ring (bicyclic) bond motifs is 9. The van der Waals surface area contributed by atoms with Crippen molar-refractivity contribution >= 4 is 75.3 Å². The topological polar surface area (TPSA) is 56.7 Å². The van der Waals surface area contributed by atoms with E-state index < -0.39 is 0 Å². The van der Waals surface area contributed by atoms with Crippen LogP contribution in [0.5, 0.6) is 0 Å². The van der Waals surface area contributed by atoms with E-state index in [2.05, 4.69) is 132 Å². The van der Waals surface area contributed by atoms with Gasteiger partial charge in [0.1, 0.15) is 11.2 Å². The number of rotatable bonds is 4. The van der Waals surface area contributed by atoms with Crippen LogP contribution in [-0.2, 0) is 0 Å². The van der Waals surface area contributed by atoms with E-state index in [9.17, 15) is 0 Å². The third-order valence-electron chi connectivity index (χ3n) is 9.86. The van der Waals surface area contributed by atoms with E-state index in [4.69, 9.17) is 19.4 Å². The average molecular weight is 671 g/mol. The summed E-state index contributed by atoms with van der Waals surface area (Å²) in [6.07, 6.45) is 0. The van der Waals surface area contributed by atoms with Crippen LogP contribution in [0.25, 0.3) is 104 Å². The first-order valence-corrected chi connectivity index (χ1v) is 17.8. The lowest BCUT2D eigenvalue weighted by atomic mass is 10.0. The predicted molar refractivity (Wildman–Crippen MR) is 211 cm³/mol. The van der Waals surface area contributed by atoms with Gasteiger partial charge >= 0.3 is 0 Å². The van der Waals surface area contributed by atoms with Crippen molar-refractivity contribution in [2.75, 3.05) is 0 Å². The van der Waals surface area contributed by atoms with Crippen LogP contribution in [-0.4, -0.2) is 19.5 Å². The Morgan fingerprint density at radius 1 is 0.451 bits per heavy atom. The van der Waals surface area contributed by atoms with Crippen LogP contribution >= 0.6 is 11.3 Å². The molecule has 238 valence electrons. The second-order valence-electron chi connectivity index (χ2n) is 12.8. The average Bonchev–Trinajstić information content (AvgIpc) is 3.87. The molecule has 0 fully saturated rings. The first-order valence-electron chi connectivity index (χ1n) is 16.9. The van der Waals surface area contributed by atoms with Gasteiger partial charge in [-0.25, -0.2) is 15.0 Å². The van der Waals surface area contributed by atoms with E-state index in [1.54, 1.807) is 11.3 Å². The summed E-state index contributed by atoms with van der Waals surface area (Å²) in [5.74, 6) is 1.85. The van der Waals surface area contributed by atoms with E-state index in [1.807, 2.05) is 30.3 Å². The lowest BCUT2D eigenvalue weighted by molar-refractivity contribution is 0.668. The van der Waals surface area contributed by atoms with Gasteiger partial charge in [0, 0.05) is 64.5 Å². The minimum atomic E-state index is 0.594. The highest BCUT2D eigenvalue weighted by Gasteiger charge is 2.22. The molecule has 5 nitrogen and oxygen atoms in total. The number of benzene rings is 7. The number of thiophene rings is 1. The minimum absolute atomic E-state index is 0.594. The zero-order valence-electron chi connectivity index (χ0n) is 27.1. The van der Waals surface area contributed by atoms with Gasteiger partial charge in [0.05, 0.1) is 16.7 Å². The van der Waals surface area contributed by atoms with Crippen LogP contribution < -0.4 is 0 Å². The fraction of sp³-hybridized carbons (Fsp3) is 0. The molecule has 11 rings (SSSR count). The Bertz CT molecular complexity index is 3100. The van der Waals surface area contributed by atoms with E-state index in [1.165, 1.54) is 26.2 Å². The van der Waals surface area contributed by atoms with Gasteiger partial charge in [-0.15, -0.1) is 11.3 Å². The molecular formula is C45H26N4OS. The van der Waals surface area contributed by atoms with Gasteiger partial charge in [-0.2, -0.15) is 0 Å². The van der Waals surface area contributed by atoms with Crippen LogP contribution in [0.2, 0.25) is 0 Å². The maximum atomic E-state index is 6.62. The molecule has 0 radical (unpaired) electrons. The zero-order chi connectivity index (χ0) is 33.5. The molecule has 0 aliphatic carbocycles. The predicted octanol–water partition coefficient (Wildman–Crippen LogP) is 12.2. The van der Waals surface area contributed by atoms with Crippen molar-refractivity contribution in [1.82, 2.24) is 19.5 Å². The molecule has 0 aliphatic heterocycles. The van der Waals surface area contributed by atoms with Crippen molar-refractivity contribution < 1.29 is 4.42 Å². The van der Waals surface area contributed by atoms with Crippen molar-refractivity contribution in [3.63, 3.8) is 0 Å². The monoisotopic (exact) mass is 670 g/mol. The summed E-state index contributed by atoms with van der Waals surface area (Å²) in [6, 6.07) is 54.8. The molecule has 4 heterocycles. The van der Waals surface area contributed by atoms with Gasteiger partial charge in [-0.3, -0.25) is 0 Å². The number of aromatic nitrogens is 4. The van der Waals surface area contributed by atoms with Crippen LogP contribution in [0.3, 0.4) is 0 Å². The van der Waals surface area contributed by atoms with Gasteiger partial charge in [-0.1, -0.05) is 115 Å². The third kappa shape index (κ3) is 4.30. The summed E-state index contributed by atoms with van der Waals surface area (Å²) >= 11 is 1.78. The van der Waals surface area contributed by atoms with Crippen molar-refractivity contribution in [2.45, 2.75) is 0 Å². The maximum Gasteiger partial charge on any atom is 0.165 e. The summed E-state index contributed by atoms with van der Waals surface area (Å²) in [6.45, 7) is 0. The smallest absolute Gasteiger partial charge is 0.165 e. The Kier molecular flexibility index (Phi) is 6.05. The van der Waals surface area contributed by atoms with Crippen molar-refractivity contribution in [1.29, 1.82) is 0 Å². The fourth-order valence-corrected chi connectivity index (χ4v) is 8.81. The molecule has 11 aromatic rings. The highest BCUT2D eigenvalue weighted by molar-refractivity contribution is 7.26. The standard InChI is InChI=1S/C45H26N4OS/c1-2-13-27(14-3-1)43-46-44(34-20-12-19-32-31-17-7-11-24-40(31)51-42(32)34)48-45(47-43)35-25-28(26-39-41(35)33-18-6-10-23-38(33)50-39)49-36-21-8-4-15-29(36)30-16-5-9-22-37(30)49/h1-26H. The van der Waals surface area contributed by atoms with Crippen molar-refractivity contribution in [3.8, 4) is 39.9 Å². The zero-order valence-corrected chi connectivity index (χ0v) is 27.9. The Hall–Kier alpha value is -6.63. The molecular weight excluding hydrogens is 645 g/mol. The summed E-state index contributed by atoms with van der Waals surface area (Å²) < 4.78 is 11.3. The Morgan fingerprint density at radius 2 is 1.06 bits per heavy atom. The second kappa shape index (κ2) is 10.9. The molecule has 0 spiro atoms. The number of furan rings is 1. The SMILES string of the molecule is c1ccc(-c2nc(-c3cccc4c3sc3ccccc34)nc(-c3cc(-n4c5ccccc5c5ccccc54)cc4oc5ccccc5c34)n2)cc1. The quantitative estimate of drug-likeness (QED) is 0.187. The molecule has 0 N–H and O–H groups in total. The molecule has 0 aliphatic rings. The van der Waals surface area contributed by atoms with Crippen molar-refractivity contribution in [2.24, 2.45) is 0 Å². The van der Waals surface area contributed by atoms with E-state index in [0.29, 0.717) is 17.5 Å². The molecule has 6 heteroatoms. The Morgan fingerprint density at radius 3 is 1.84 bits per heavy atom. The second-order valence-corrected chi connectivity index (χ2v) is 13.8. The maximum absolute atomic E-state index is 6.62. The number of hydrogen-bond donors (Lipinski definition) is 0. The molecule has 0 atom stereocenters. The summed E-state index contributed by atoms with van der Waals surface area (Å²) in [4.78, 5) is 15.7. The first kappa shape index (κ1) is 28.2. The largest absolute Gasteiger partial charge is 0.456 e. The van der Waals surface area contributed by atoms with E-state index >= 15 is 0 Å². The molecule has 0 unspecified atom stereocenters. The molecule has 0 amide bonds. The van der Waals surface area contributed by atoms with Crippen LogP contribution in [0.1, 0.15) is 0 Å². The summed E-state index contributed by atoms with van der Waals surface area (Å²) in [5.41, 5.74) is 7.62. The molecule has 0 saturated heterocycles. The number of nitrogens with zero attached hydrogens (tertiary/aromatic N) is 4. The Labute approximate surface area is 295 Å². The van der Waals surface area contributed by atoms with Gasteiger partial charge in [-0.05, 0) is 36.4 Å².